The second-order valence-corrected chi connectivity index (χ2v) is 4.57. The van der Waals surface area contributed by atoms with Crippen molar-refractivity contribution in [3.05, 3.63) is 23.9 Å². The molecule has 0 N–H and O–H groups in total. The molecule has 2 heterocycles. The molecule has 0 aliphatic carbocycles. The molecule has 0 spiro atoms. The summed E-state index contributed by atoms with van der Waals surface area (Å²) in [6.07, 6.45) is -3.35. The van der Waals surface area contributed by atoms with Crippen LogP contribution < -0.4 is 4.90 Å². The van der Waals surface area contributed by atoms with Crippen LogP contribution in [0.3, 0.4) is 0 Å². The van der Waals surface area contributed by atoms with Crippen molar-refractivity contribution in [1.29, 1.82) is 0 Å². The third-order valence-corrected chi connectivity index (χ3v) is 2.82. The first-order chi connectivity index (χ1) is 8.36. The fraction of sp³-hybridized carbons (Fsp3) is 0.583. The van der Waals surface area contributed by atoms with Crippen LogP contribution in [0.4, 0.5) is 19.0 Å². The highest BCUT2D eigenvalue weighted by Crippen LogP contribution is 2.29. The number of aromatic nitrogens is 1. The maximum absolute atomic E-state index is 12.4. The second-order valence-electron chi connectivity index (χ2n) is 4.57. The van der Waals surface area contributed by atoms with Crippen molar-refractivity contribution in [2.24, 2.45) is 0 Å². The molecule has 1 saturated heterocycles. The summed E-state index contributed by atoms with van der Waals surface area (Å²) in [6.45, 7) is 5.16. The Bertz CT molecular complexity index is 395. The van der Waals surface area contributed by atoms with Crippen LogP contribution in [0.15, 0.2) is 18.3 Å². The van der Waals surface area contributed by atoms with Gasteiger partial charge in [0.2, 0.25) is 0 Å². The Morgan fingerprint density at radius 2 is 1.83 bits per heavy atom. The van der Waals surface area contributed by atoms with Crippen molar-refractivity contribution >= 4 is 5.82 Å². The Labute approximate surface area is 104 Å². The van der Waals surface area contributed by atoms with Gasteiger partial charge in [0.15, 0.2) is 0 Å². The maximum Gasteiger partial charge on any atom is 0.417 e. The summed E-state index contributed by atoms with van der Waals surface area (Å²) in [5, 5.41) is 0. The molecule has 0 radical (unpaired) electrons. The zero-order valence-electron chi connectivity index (χ0n) is 10.2. The normalized spacial score (nSPS) is 25.3. The van der Waals surface area contributed by atoms with Gasteiger partial charge < -0.3 is 9.64 Å². The number of alkyl halides is 3. The number of nitrogens with zero attached hydrogens (tertiary/aromatic N) is 2. The van der Waals surface area contributed by atoms with Crippen LogP contribution in [-0.4, -0.2) is 30.3 Å². The van der Waals surface area contributed by atoms with Crippen LogP contribution >= 0.6 is 0 Å². The van der Waals surface area contributed by atoms with Crippen molar-refractivity contribution in [2.75, 3.05) is 18.0 Å². The van der Waals surface area contributed by atoms with Crippen LogP contribution in [0, 0.1) is 0 Å². The number of ether oxygens (including phenoxy) is 1. The highest BCUT2D eigenvalue weighted by molar-refractivity contribution is 5.40. The van der Waals surface area contributed by atoms with E-state index < -0.39 is 11.7 Å². The van der Waals surface area contributed by atoms with E-state index in [-0.39, 0.29) is 12.2 Å². The summed E-state index contributed by atoms with van der Waals surface area (Å²) >= 11 is 0. The van der Waals surface area contributed by atoms with Gasteiger partial charge in [0, 0.05) is 19.3 Å². The number of anilines is 1. The molecule has 1 aromatic heterocycles. The molecule has 6 heteroatoms. The number of hydrogen-bond acceptors (Lipinski definition) is 3. The summed E-state index contributed by atoms with van der Waals surface area (Å²) in [4.78, 5) is 5.83. The van der Waals surface area contributed by atoms with E-state index in [0.717, 1.165) is 12.3 Å². The number of pyridine rings is 1. The highest BCUT2D eigenvalue weighted by Gasteiger charge is 2.31. The largest absolute Gasteiger partial charge is 0.417 e. The van der Waals surface area contributed by atoms with E-state index in [9.17, 15) is 13.2 Å². The standard InChI is InChI=1S/C12H15F3N2O/c1-8-6-17(7-9(2)18-8)11-4-3-10(5-16-11)12(13,14)15/h3-5,8-9H,6-7H2,1-2H3/t8-,9-/m0/s1. The molecule has 0 unspecified atom stereocenters. The molecule has 2 rings (SSSR count). The molecule has 2 atom stereocenters. The summed E-state index contributed by atoms with van der Waals surface area (Å²) < 4.78 is 42.8. The summed E-state index contributed by atoms with van der Waals surface area (Å²) in [7, 11) is 0. The van der Waals surface area contributed by atoms with Gasteiger partial charge in [-0.1, -0.05) is 0 Å². The minimum absolute atomic E-state index is 0.0536. The van der Waals surface area contributed by atoms with Crippen LogP contribution in [0.25, 0.3) is 0 Å². The monoisotopic (exact) mass is 260 g/mol. The molecule has 1 fully saturated rings. The Morgan fingerprint density at radius 1 is 1.22 bits per heavy atom. The molecule has 0 bridgehead atoms. The van der Waals surface area contributed by atoms with E-state index >= 15 is 0 Å². The number of rotatable bonds is 1. The van der Waals surface area contributed by atoms with E-state index in [1.54, 1.807) is 0 Å². The molecule has 0 amide bonds. The van der Waals surface area contributed by atoms with Crippen LogP contribution in [0.5, 0.6) is 0 Å². The van der Waals surface area contributed by atoms with E-state index in [1.165, 1.54) is 6.07 Å². The average Bonchev–Trinajstić information content (AvgIpc) is 2.27. The zero-order chi connectivity index (χ0) is 13.3. The molecular formula is C12H15F3N2O. The van der Waals surface area contributed by atoms with Crippen LogP contribution in [0.2, 0.25) is 0 Å². The lowest BCUT2D eigenvalue weighted by atomic mass is 10.2. The van der Waals surface area contributed by atoms with Crippen LogP contribution in [0.1, 0.15) is 19.4 Å². The lowest BCUT2D eigenvalue weighted by Crippen LogP contribution is -2.45. The van der Waals surface area contributed by atoms with Gasteiger partial charge in [0.1, 0.15) is 5.82 Å². The zero-order valence-corrected chi connectivity index (χ0v) is 10.2. The Balaban J connectivity index is 2.14. The lowest BCUT2D eigenvalue weighted by molar-refractivity contribution is -0.137. The second kappa shape index (κ2) is 4.76. The van der Waals surface area contributed by atoms with Crippen molar-refractivity contribution < 1.29 is 17.9 Å². The molecule has 100 valence electrons. The quantitative estimate of drug-likeness (QED) is 0.776. The summed E-state index contributed by atoms with van der Waals surface area (Å²) in [6, 6.07) is 2.47. The first-order valence-corrected chi connectivity index (χ1v) is 5.80. The molecule has 3 nitrogen and oxygen atoms in total. The SMILES string of the molecule is C[C@H]1CN(c2ccc(C(F)(F)F)cn2)C[C@H](C)O1. The summed E-state index contributed by atoms with van der Waals surface area (Å²) in [5.74, 6) is 0.560. The number of hydrogen-bond donors (Lipinski definition) is 0. The Kier molecular flexibility index (Phi) is 3.47. The Hall–Kier alpha value is -1.30. The highest BCUT2D eigenvalue weighted by atomic mass is 19.4. The first-order valence-electron chi connectivity index (χ1n) is 5.80. The van der Waals surface area contributed by atoms with E-state index in [4.69, 9.17) is 4.74 Å². The van der Waals surface area contributed by atoms with E-state index in [2.05, 4.69) is 4.98 Å². The van der Waals surface area contributed by atoms with Gasteiger partial charge in [0.25, 0.3) is 0 Å². The average molecular weight is 260 g/mol. The van der Waals surface area contributed by atoms with Crippen molar-refractivity contribution in [2.45, 2.75) is 32.2 Å². The van der Waals surface area contributed by atoms with Crippen molar-refractivity contribution in [3.8, 4) is 0 Å². The molecule has 1 aliphatic heterocycles. The fourth-order valence-electron chi connectivity index (χ4n) is 2.11. The maximum atomic E-state index is 12.4. The predicted molar refractivity (Wildman–Crippen MR) is 61.5 cm³/mol. The molecule has 0 aromatic carbocycles. The van der Waals surface area contributed by atoms with Gasteiger partial charge in [-0.05, 0) is 26.0 Å². The third-order valence-electron chi connectivity index (χ3n) is 2.82. The molecular weight excluding hydrogens is 245 g/mol. The van der Waals surface area contributed by atoms with Gasteiger partial charge in [-0.2, -0.15) is 13.2 Å². The van der Waals surface area contributed by atoms with Crippen LogP contribution in [-0.2, 0) is 10.9 Å². The minimum atomic E-state index is -4.34. The van der Waals surface area contributed by atoms with Crippen molar-refractivity contribution in [1.82, 2.24) is 4.98 Å². The first kappa shape index (κ1) is 13.1. The smallest absolute Gasteiger partial charge is 0.372 e. The van der Waals surface area contributed by atoms with E-state index in [1.807, 2.05) is 18.7 Å². The number of halogens is 3. The van der Waals surface area contributed by atoms with Gasteiger partial charge in [-0.25, -0.2) is 4.98 Å². The topological polar surface area (TPSA) is 25.4 Å². The van der Waals surface area contributed by atoms with Gasteiger partial charge in [0.05, 0.1) is 17.8 Å². The van der Waals surface area contributed by atoms with Gasteiger partial charge in [-0.3, -0.25) is 0 Å². The molecule has 1 aromatic rings. The summed E-state index contributed by atoms with van der Waals surface area (Å²) in [5.41, 5.74) is -0.722. The molecule has 1 aliphatic rings. The minimum Gasteiger partial charge on any atom is -0.372 e. The van der Waals surface area contributed by atoms with Gasteiger partial charge in [-0.15, -0.1) is 0 Å². The predicted octanol–water partition coefficient (Wildman–Crippen LogP) is 2.71. The number of morpholine rings is 1. The van der Waals surface area contributed by atoms with Crippen molar-refractivity contribution in [3.63, 3.8) is 0 Å². The fourth-order valence-corrected chi connectivity index (χ4v) is 2.11. The lowest BCUT2D eigenvalue weighted by Gasteiger charge is -2.36. The molecule has 18 heavy (non-hydrogen) atoms. The van der Waals surface area contributed by atoms with E-state index in [0.29, 0.717) is 18.9 Å². The molecule has 0 saturated carbocycles. The van der Waals surface area contributed by atoms with Gasteiger partial charge >= 0.3 is 6.18 Å². The third kappa shape index (κ3) is 2.93. The Morgan fingerprint density at radius 3 is 2.28 bits per heavy atom.